The molecule has 3 aromatic rings. The van der Waals surface area contributed by atoms with Gasteiger partial charge in [-0.1, -0.05) is 12.6 Å². The summed E-state index contributed by atoms with van der Waals surface area (Å²) in [6, 6.07) is 9.83. The number of carbonyl (C=O) groups excluding carboxylic acids is 1. The molecule has 2 N–H and O–H groups in total. The fraction of sp³-hybridized carbons (Fsp3) is 0.483. The molecule has 2 aromatic heterocycles. The lowest BCUT2D eigenvalue weighted by atomic mass is 9.77. The lowest BCUT2D eigenvalue weighted by Crippen LogP contribution is -2.38. The predicted molar refractivity (Wildman–Crippen MR) is 158 cm³/mol. The Hall–Kier alpha value is -3.73. The summed E-state index contributed by atoms with van der Waals surface area (Å²) in [4.78, 5) is 24.5. The standard InChI is InChI=1S/C29H38BN7O3/c1-19-21-15-20(29(2,30)39)8-9-24(21)40-18-27(38)31-10-14-34(3)28-17-25(35-11-6-12-35)32-26-16-22(33-37(26)28)23-7-4-5-13-36(19)23/h8-9,15-17,23,39H,1,4-7,10-14,18,30H2,2-3H3,(H,31,38). The second kappa shape index (κ2) is 10.4. The average Bonchev–Trinajstić information content (AvgIpc) is 3.33. The molecule has 2 saturated heterocycles. The van der Waals surface area contributed by atoms with Gasteiger partial charge >= 0.3 is 0 Å². The molecule has 0 saturated carbocycles. The number of nitrogens with one attached hydrogen (secondary N) is 1. The van der Waals surface area contributed by atoms with Crippen LogP contribution in [-0.2, 0) is 10.3 Å². The number of amides is 1. The van der Waals surface area contributed by atoms with Crippen molar-refractivity contribution >= 4 is 36.7 Å². The van der Waals surface area contributed by atoms with Crippen molar-refractivity contribution in [1.29, 1.82) is 0 Å². The van der Waals surface area contributed by atoms with Gasteiger partial charge in [0, 0.05) is 63.2 Å². The lowest BCUT2D eigenvalue weighted by molar-refractivity contribution is -0.123. The maximum atomic E-state index is 12.7. The van der Waals surface area contributed by atoms with Crippen LogP contribution in [0.1, 0.15) is 55.5 Å². The maximum Gasteiger partial charge on any atom is 0.258 e. The highest BCUT2D eigenvalue weighted by Crippen LogP contribution is 2.40. The summed E-state index contributed by atoms with van der Waals surface area (Å²) in [5, 5.41) is 18.9. The summed E-state index contributed by atoms with van der Waals surface area (Å²) in [6.45, 7) is 10.1. The third kappa shape index (κ3) is 4.98. The van der Waals surface area contributed by atoms with Crippen molar-refractivity contribution in [2.75, 3.05) is 56.2 Å². The fourth-order valence-corrected chi connectivity index (χ4v) is 5.76. The van der Waals surface area contributed by atoms with Crippen molar-refractivity contribution in [3.8, 4) is 5.75 Å². The van der Waals surface area contributed by atoms with E-state index in [1.165, 1.54) is 6.42 Å². The average molecular weight is 543 g/mol. The highest BCUT2D eigenvalue weighted by atomic mass is 16.5. The molecule has 0 aliphatic carbocycles. The van der Waals surface area contributed by atoms with E-state index in [1.807, 2.05) is 29.8 Å². The van der Waals surface area contributed by atoms with Crippen LogP contribution in [-0.4, -0.2) is 84.7 Å². The first-order valence-electron chi connectivity index (χ1n) is 14.3. The first kappa shape index (κ1) is 26.5. The molecule has 2 bridgehead atoms. The summed E-state index contributed by atoms with van der Waals surface area (Å²) >= 11 is 0. The second-order valence-electron chi connectivity index (χ2n) is 11.6. The van der Waals surface area contributed by atoms with E-state index >= 15 is 0 Å². The Morgan fingerprint density at radius 3 is 2.73 bits per heavy atom. The molecular weight excluding hydrogens is 505 g/mol. The minimum atomic E-state index is -1.03. The van der Waals surface area contributed by atoms with Crippen molar-refractivity contribution in [3.63, 3.8) is 0 Å². The normalized spacial score (nSPS) is 21.8. The van der Waals surface area contributed by atoms with Crippen molar-refractivity contribution in [2.24, 2.45) is 0 Å². The fourth-order valence-electron chi connectivity index (χ4n) is 5.76. The molecule has 2 unspecified atom stereocenters. The van der Waals surface area contributed by atoms with Crippen LogP contribution in [0.5, 0.6) is 5.75 Å². The van der Waals surface area contributed by atoms with E-state index < -0.39 is 5.50 Å². The third-order valence-corrected chi connectivity index (χ3v) is 8.30. The molecular formula is C29H38BN7O3. The molecule has 2 atom stereocenters. The Morgan fingerprint density at radius 1 is 1.15 bits per heavy atom. The predicted octanol–water partition coefficient (Wildman–Crippen LogP) is 1.88. The van der Waals surface area contributed by atoms with E-state index in [1.54, 1.807) is 14.8 Å². The summed E-state index contributed by atoms with van der Waals surface area (Å²) in [5.74, 6) is 2.28. The van der Waals surface area contributed by atoms with Crippen LogP contribution < -0.4 is 19.9 Å². The SMILES string of the molecule is BC(C)(O)c1ccc2c(c1)C(=C)N1CCCCC1c1cc3nc(N4CCC4)cc(n3n1)N(C)CCNC(=O)CO2. The Kier molecular flexibility index (Phi) is 6.86. The van der Waals surface area contributed by atoms with Crippen LogP contribution in [0.25, 0.3) is 11.3 Å². The number of hydrogen-bond donors (Lipinski definition) is 2. The molecule has 0 radical (unpaired) electrons. The summed E-state index contributed by atoms with van der Waals surface area (Å²) in [5.41, 5.74) is 3.07. The summed E-state index contributed by atoms with van der Waals surface area (Å²) < 4.78 is 7.99. The quantitative estimate of drug-likeness (QED) is 0.473. The van der Waals surface area contributed by atoms with Gasteiger partial charge in [-0.2, -0.15) is 9.61 Å². The third-order valence-electron chi connectivity index (χ3n) is 8.30. The first-order valence-corrected chi connectivity index (χ1v) is 14.3. The Labute approximate surface area is 236 Å². The van der Waals surface area contributed by atoms with E-state index in [0.29, 0.717) is 18.8 Å². The minimum Gasteiger partial charge on any atom is -0.483 e. The van der Waals surface area contributed by atoms with Gasteiger partial charge in [-0.15, -0.1) is 0 Å². The van der Waals surface area contributed by atoms with Gasteiger partial charge in [0.15, 0.2) is 12.3 Å². The topological polar surface area (TPSA) is 98.5 Å². The molecule has 210 valence electrons. The van der Waals surface area contributed by atoms with E-state index in [0.717, 1.165) is 78.7 Å². The Balaban J connectivity index is 1.47. The number of rotatable bonds is 2. The van der Waals surface area contributed by atoms with Gasteiger partial charge in [0.2, 0.25) is 0 Å². The van der Waals surface area contributed by atoms with Crippen molar-refractivity contribution in [3.05, 3.63) is 53.7 Å². The molecule has 3 aliphatic heterocycles. The Morgan fingerprint density at radius 2 is 1.98 bits per heavy atom. The second-order valence-corrected chi connectivity index (χ2v) is 11.6. The zero-order chi connectivity index (χ0) is 28.0. The Bertz CT molecular complexity index is 1450. The molecule has 11 heteroatoms. The van der Waals surface area contributed by atoms with Crippen LogP contribution in [0, 0.1) is 0 Å². The molecule has 10 nitrogen and oxygen atoms in total. The number of hydrogen-bond acceptors (Lipinski definition) is 8. The number of anilines is 2. The monoisotopic (exact) mass is 543 g/mol. The first-order chi connectivity index (χ1) is 19.2. The smallest absolute Gasteiger partial charge is 0.258 e. The van der Waals surface area contributed by atoms with Gasteiger partial charge in [-0.05, 0) is 50.3 Å². The van der Waals surface area contributed by atoms with Gasteiger partial charge in [0.25, 0.3) is 5.91 Å². The van der Waals surface area contributed by atoms with Crippen LogP contribution in [0.2, 0.25) is 0 Å². The maximum absolute atomic E-state index is 12.7. The van der Waals surface area contributed by atoms with E-state index in [-0.39, 0.29) is 18.6 Å². The molecule has 2 fully saturated rings. The molecule has 40 heavy (non-hydrogen) atoms. The number of nitrogens with zero attached hydrogens (tertiary/aromatic N) is 6. The van der Waals surface area contributed by atoms with Crippen LogP contribution in [0.15, 0.2) is 36.9 Å². The highest BCUT2D eigenvalue weighted by molar-refractivity contribution is 6.14. The van der Waals surface area contributed by atoms with Gasteiger partial charge in [-0.3, -0.25) is 4.79 Å². The van der Waals surface area contributed by atoms with Crippen LogP contribution >= 0.6 is 0 Å². The van der Waals surface area contributed by atoms with Crippen LogP contribution in [0.4, 0.5) is 11.6 Å². The van der Waals surface area contributed by atoms with Gasteiger partial charge in [0.1, 0.15) is 25.2 Å². The van der Waals surface area contributed by atoms with Gasteiger partial charge < -0.3 is 29.9 Å². The molecule has 6 rings (SSSR count). The summed E-state index contributed by atoms with van der Waals surface area (Å²) in [6.07, 6.45) is 4.25. The zero-order valence-corrected chi connectivity index (χ0v) is 23.7. The highest BCUT2D eigenvalue weighted by Gasteiger charge is 2.31. The number of aliphatic hydroxyl groups is 1. The van der Waals surface area contributed by atoms with E-state index in [2.05, 4.69) is 38.7 Å². The van der Waals surface area contributed by atoms with E-state index in [9.17, 15) is 9.90 Å². The molecule has 0 spiro atoms. The molecule has 5 heterocycles. The zero-order valence-electron chi connectivity index (χ0n) is 23.7. The van der Waals surface area contributed by atoms with Gasteiger partial charge in [0.05, 0.1) is 17.2 Å². The number of carbonyl (C=O) groups is 1. The number of aromatic nitrogens is 3. The van der Waals surface area contributed by atoms with Crippen LogP contribution in [0.3, 0.4) is 0 Å². The number of fused-ring (bicyclic) bond motifs is 4. The molecule has 1 aromatic carbocycles. The number of piperidine rings is 1. The van der Waals surface area contributed by atoms with Gasteiger partial charge in [-0.25, -0.2) is 4.98 Å². The lowest BCUT2D eigenvalue weighted by Gasteiger charge is -2.38. The largest absolute Gasteiger partial charge is 0.483 e. The van der Waals surface area contributed by atoms with Crippen molar-refractivity contribution in [2.45, 2.75) is 44.1 Å². The number of likely N-dealkylation sites (N-methyl/N-ethyl adjacent to an activating group) is 1. The minimum absolute atomic E-state index is 0.0170. The number of ether oxygens (including phenoxy) is 1. The summed E-state index contributed by atoms with van der Waals surface area (Å²) in [7, 11) is 3.78. The van der Waals surface area contributed by atoms with Crippen molar-refractivity contribution < 1.29 is 14.6 Å². The molecule has 3 aliphatic rings. The number of benzene rings is 1. The van der Waals surface area contributed by atoms with E-state index in [4.69, 9.17) is 14.8 Å². The van der Waals surface area contributed by atoms with Crippen molar-refractivity contribution in [1.82, 2.24) is 24.8 Å². The molecule has 1 amide bonds.